The Labute approximate surface area is 162 Å². The van der Waals surface area contributed by atoms with Crippen LogP contribution in [0.1, 0.15) is 42.8 Å². The van der Waals surface area contributed by atoms with Gasteiger partial charge in [0.05, 0.1) is 22.9 Å². The zero-order valence-corrected chi connectivity index (χ0v) is 17.8. The molecule has 6 nitrogen and oxygen atoms in total. The number of morpholine rings is 1. The van der Waals surface area contributed by atoms with Crippen LogP contribution in [0.3, 0.4) is 0 Å². The largest absolute Gasteiger partial charge is 0.373 e. The summed E-state index contributed by atoms with van der Waals surface area (Å²) in [5, 5.41) is 7.94. The number of nitrogens with zero attached hydrogens (tertiary/aromatic N) is 3. The van der Waals surface area contributed by atoms with Crippen LogP contribution in [-0.4, -0.2) is 67.3 Å². The minimum absolute atomic E-state index is 0.333. The molecule has 2 atom stereocenters. The Morgan fingerprint density at radius 2 is 2.00 bits per heavy atom. The first-order valence-corrected chi connectivity index (χ1v) is 10.6. The van der Waals surface area contributed by atoms with Gasteiger partial charge in [-0.25, -0.2) is 4.98 Å². The van der Waals surface area contributed by atoms with Gasteiger partial charge >= 0.3 is 0 Å². The van der Waals surface area contributed by atoms with Crippen LogP contribution in [0.2, 0.25) is 0 Å². The van der Waals surface area contributed by atoms with Gasteiger partial charge in [0, 0.05) is 50.6 Å². The molecule has 2 unspecified atom stereocenters. The Hall–Kier alpha value is -1.18. The molecule has 1 aliphatic heterocycles. The van der Waals surface area contributed by atoms with Crippen LogP contribution in [-0.2, 0) is 11.2 Å². The van der Waals surface area contributed by atoms with Gasteiger partial charge < -0.3 is 15.4 Å². The van der Waals surface area contributed by atoms with Gasteiger partial charge in [0.15, 0.2) is 5.96 Å². The van der Waals surface area contributed by atoms with E-state index in [0.29, 0.717) is 12.2 Å². The lowest BCUT2D eigenvalue weighted by Gasteiger charge is -2.35. The molecule has 0 saturated carbocycles. The zero-order valence-electron chi connectivity index (χ0n) is 17.0. The topological polar surface area (TPSA) is 61.8 Å². The summed E-state index contributed by atoms with van der Waals surface area (Å²) in [7, 11) is 0. The van der Waals surface area contributed by atoms with Crippen molar-refractivity contribution in [3.05, 3.63) is 15.6 Å². The maximum atomic E-state index is 5.79. The van der Waals surface area contributed by atoms with Crippen molar-refractivity contribution in [2.45, 2.75) is 59.7 Å². The Kier molecular flexibility index (Phi) is 8.81. The van der Waals surface area contributed by atoms with E-state index >= 15 is 0 Å². The van der Waals surface area contributed by atoms with Crippen molar-refractivity contribution in [1.82, 2.24) is 20.5 Å². The SMILES string of the molecule is CCNC(=NCCCN1CC(C)OC(C)C1)NCCc1nc(C)c(C)s1. The minimum Gasteiger partial charge on any atom is -0.373 e. The van der Waals surface area contributed by atoms with E-state index in [-0.39, 0.29) is 0 Å². The molecule has 26 heavy (non-hydrogen) atoms. The first-order chi connectivity index (χ1) is 12.5. The lowest BCUT2D eigenvalue weighted by Crippen LogP contribution is -2.45. The van der Waals surface area contributed by atoms with Crippen LogP contribution in [0, 0.1) is 13.8 Å². The molecule has 0 bridgehead atoms. The van der Waals surface area contributed by atoms with E-state index in [2.05, 4.69) is 55.1 Å². The molecule has 1 aromatic rings. The fourth-order valence-corrected chi connectivity index (χ4v) is 4.16. The highest BCUT2D eigenvalue weighted by Gasteiger charge is 2.21. The average Bonchev–Trinajstić information content (AvgIpc) is 2.88. The van der Waals surface area contributed by atoms with Gasteiger partial charge in [-0.15, -0.1) is 11.3 Å². The van der Waals surface area contributed by atoms with E-state index < -0.39 is 0 Å². The molecule has 1 aliphatic rings. The third-order valence-corrected chi connectivity index (χ3v) is 5.58. The Morgan fingerprint density at radius 1 is 1.27 bits per heavy atom. The summed E-state index contributed by atoms with van der Waals surface area (Å²) in [5.41, 5.74) is 1.15. The second kappa shape index (κ2) is 10.8. The Balaban J connectivity index is 1.70. The van der Waals surface area contributed by atoms with Crippen molar-refractivity contribution >= 4 is 17.3 Å². The lowest BCUT2D eigenvalue weighted by atomic mass is 10.2. The molecule has 0 radical (unpaired) electrons. The molecule has 7 heteroatoms. The Bertz CT molecular complexity index is 545. The van der Waals surface area contributed by atoms with Crippen molar-refractivity contribution in [3.8, 4) is 0 Å². The molecule has 2 N–H and O–H groups in total. The molecule has 2 heterocycles. The predicted molar refractivity (Wildman–Crippen MR) is 110 cm³/mol. The molecule has 0 amide bonds. The molecule has 0 aromatic carbocycles. The summed E-state index contributed by atoms with van der Waals surface area (Å²) in [4.78, 5) is 13.1. The van der Waals surface area contributed by atoms with Crippen LogP contribution in [0.15, 0.2) is 4.99 Å². The number of aryl methyl sites for hydroxylation is 2. The molecule has 0 aliphatic carbocycles. The summed E-state index contributed by atoms with van der Waals surface area (Å²) < 4.78 is 5.79. The number of rotatable bonds is 8. The highest BCUT2D eigenvalue weighted by atomic mass is 32.1. The Morgan fingerprint density at radius 3 is 2.62 bits per heavy atom. The van der Waals surface area contributed by atoms with E-state index in [1.807, 2.05) is 0 Å². The molecule has 0 spiro atoms. The number of hydrogen-bond acceptors (Lipinski definition) is 5. The summed E-state index contributed by atoms with van der Waals surface area (Å²) in [6, 6.07) is 0. The third kappa shape index (κ3) is 7.21. The molecular weight excluding hydrogens is 346 g/mol. The van der Waals surface area contributed by atoms with Crippen LogP contribution in [0.25, 0.3) is 0 Å². The highest BCUT2D eigenvalue weighted by molar-refractivity contribution is 7.11. The smallest absolute Gasteiger partial charge is 0.191 e. The number of aromatic nitrogens is 1. The number of guanidine groups is 1. The number of thiazole rings is 1. The number of nitrogens with one attached hydrogen (secondary N) is 2. The maximum absolute atomic E-state index is 5.79. The molecular formula is C19H35N5OS. The fourth-order valence-electron chi connectivity index (χ4n) is 3.23. The summed E-state index contributed by atoms with van der Waals surface area (Å²) in [6.07, 6.45) is 2.67. The minimum atomic E-state index is 0.333. The van der Waals surface area contributed by atoms with Crippen LogP contribution < -0.4 is 10.6 Å². The predicted octanol–water partition coefficient (Wildman–Crippen LogP) is 2.36. The van der Waals surface area contributed by atoms with Gasteiger partial charge in [0.1, 0.15) is 0 Å². The van der Waals surface area contributed by atoms with Crippen LogP contribution in [0.4, 0.5) is 0 Å². The van der Waals surface area contributed by atoms with Gasteiger partial charge in [-0.05, 0) is 41.0 Å². The zero-order chi connectivity index (χ0) is 18.9. The third-order valence-electron chi connectivity index (χ3n) is 4.45. The van der Waals surface area contributed by atoms with Crippen molar-refractivity contribution in [2.75, 3.05) is 39.3 Å². The molecule has 1 saturated heterocycles. The van der Waals surface area contributed by atoms with Crippen LogP contribution in [0.5, 0.6) is 0 Å². The maximum Gasteiger partial charge on any atom is 0.191 e. The number of hydrogen-bond donors (Lipinski definition) is 2. The number of aliphatic imine (C=N–C) groups is 1. The van der Waals surface area contributed by atoms with Gasteiger partial charge in [-0.3, -0.25) is 9.89 Å². The first-order valence-electron chi connectivity index (χ1n) is 9.80. The number of ether oxygens (including phenoxy) is 1. The quantitative estimate of drug-likeness (QED) is 0.411. The first kappa shape index (κ1) is 21.1. The standard InChI is InChI=1S/C19H35N5OS/c1-6-20-19(22-10-8-18-23-16(4)17(5)26-18)21-9-7-11-24-12-14(2)25-15(3)13-24/h14-15H,6-13H2,1-5H3,(H2,20,21,22). The van der Waals surface area contributed by atoms with Gasteiger partial charge in [-0.2, -0.15) is 0 Å². The van der Waals surface area contributed by atoms with Gasteiger partial charge in [0.2, 0.25) is 0 Å². The van der Waals surface area contributed by atoms with Gasteiger partial charge in [0.25, 0.3) is 0 Å². The molecule has 1 aromatic heterocycles. The summed E-state index contributed by atoms with van der Waals surface area (Å²) >= 11 is 1.79. The normalized spacial score (nSPS) is 21.8. The van der Waals surface area contributed by atoms with E-state index in [0.717, 1.165) is 63.8 Å². The van der Waals surface area contributed by atoms with E-state index in [9.17, 15) is 0 Å². The van der Waals surface area contributed by atoms with Crippen molar-refractivity contribution in [3.63, 3.8) is 0 Å². The molecule has 148 valence electrons. The van der Waals surface area contributed by atoms with Crippen molar-refractivity contribution in [1.29, 1.82) is 0 Å². The van der Waals surface area contributed by atoms with Crippen LogP contribution >= 0.6 is 11.3 Å². The average molecular weight is 382 g/mol. The van der Waals surface area contributed by atoms with Gasteiger partial charge in [-0.1, -0.05) is 0 Å². The summed E-state index contributed by atoms with van der Waals surface area (Å²) in [5.74, 6) is 0.904. The van der Waals surface area contributed by atoms with E-state index in [1.165, 1.54) is 9.88 Å². The van der Waals surface area contributed by atoms with Crippen molar-refractivity contribution < 1.29 is 4.74 Å². The van der Waals surface area contributed by atoms with E-state index in [4.69, 9.17) is 9.73 Å². The second-order valence-electron chi connectivity index (χ2n) is 7.06. The molecule has 1 fully saturated rings. The summed E-state index contributed by atoms with van der Waals surface area (Å²) in [6.45, 7) is 16.3. The van der Waals surface area contributed by atoms with Crippen molar-refractivity contribution in [2.24, 2.45) is 4.99 Å². The molecule has 2 rings (SSSR count). The lowest BCUT2D eigenvalue weighted by molar-refractivity contribution is -0.0679. The monoisotopic (exact) mass is 381 g/mol. The second-order valence-corrected chi connectivity index (χ2v) is 8.34. The highest BCUT2D eigenvalue weighted by Crippen LogP contribution is 2.16. The van der Waals surface area contributed by atoms with E-state index in [1.54, 1.807) is 11.3 Å². The fraction of sp³-hybridized carbons (Fsp3) is 0.789.